The lowest BCUT2D eigenvalue weighted by molar-refractivity contribution is -0.113. The number of benzene rings is 1. The number of amides is 1. The second-order valence-electron chi connectivity index (χ2n) is 1.68. The van der Waals surface area contributed by atoms with E-state index in [1.807, 2.05) is 22.6 Å². The molecule has 1 amide bonds. The SMILES string of the molecule is [2H]c1c([2H])c([2H])c(NC(=O)CI)c([2H])c1[2H]. The molecule has 58 valence electrons. The van der Waals surface area contributed by atoms with Gasteiger partial charge in [0.05, 0.1) is 11.3 Å². The van der Waals surface area contributed by atoms with Crippen molar-refractivity contribution in [2.24, 2.45) is 0 Å². The van der Waals surface area contributed by atoms with Crippen molar-refractivity contribution in [1.82, 2.24) is 0 Å². The summed E-state index contributed by atoms with van der Waals surface area (Å²) in [6, 6.07) is -2.18. The first kappa shape index (κ1) is 3.89. The average molecular weight is 266 g/mol. The van der Waals surface area contributed by atoms with Crippen LogP contribution in [0.1, 0.15) is 6.85 Å². The molecule has 0 aliphatic heterocycles. The van der Waals surface area contributed by atoms with Gasteiger partial charge in [-0.15, -0.1) is 0 Å². The zero-order valence-electron chi connectivity index (χ0n) is 10.5. The molecule has 0 fully saturated rings. The molecule has 0 unspecified atom stereocenters. The number of nitrogens with one attached hydrogen (secondary N) is 1. The maximum Gasteiger partial charge on any atom is 0.234 e. The van der Waals surface area contributed by atoms with Gasteiger partial charge in [0, 0.05) is 5.69 Å². The maximum atomic E-state index is 11.1. The Balaban J connectivity index is 3.34. The van der Waals surface area contributed by atoms with E-state index in [0.717, 1.165) is 0 Å². The molecule has 0 saturated carbocycles. The highest BCUT2D eigenvalue weighted by Gasteiger charge is 1.96. The molecule has 0 saturated heterocycles. The van der Waals surface area contributed by atoms with Crippen molar-refractivity contribution in [3.63, 3.8) is 0 Å². The molecule has 0 aromatic heterocycles. The van der Waals surface area contributed by atoms with Crippen LogP contribution >= 0.6 is 22.6 Å². The molecule has 0 bridgehead atoms. The van der Waals surface area contributed by atoms with E-state index in [-0.39, 0.29) is 10.1 Å². The van der Waals surface area contributed by atoms with Crippen molar-refractivity contribution in [1.29, 1.82) is 0 Å². The molecule has 0 aliphatic rings. The predicted molar refractivity (Wildman–Crippen MR) is 54.0 cm³/mol. The van der Waals surface area contributed by atoms with E-state index < -0.39 is 36.1 Å². The topological polar surface area (TPSA) is 29.1 Å². The van der Waals surface area contributed by atoms with E-state index in [2.05, 4.69) is 5.32 Å². The van der Waals surface area contributed by atoms with Crippen LogP contribution in [0.3, 0.4) is 0 Å². The first-order valence-corrected chi connectivity index (χ1v) is 4.35. The number of para-hydroxylation sites is 1. The van der Waals surface area contributed by atoms with Crippen LogP contribution in [0.2, 0.25) is 0 Å². The molecule has 11 heavy (non-hydrogen) atoms. The number of anilines is 1. The second kappa shape index (κ2) is 4.33. The average Bonchev–Trinajstić information content (AvgIpc) is 2.29. The molecule has 0 heterocycles. The minimum Gasteiger partial charge on any atom is -0.325 e. The summed E-state index contributed by atoms with van der Waals surface area (Å²) in [6.07, 6.45) is 0. The molecule has 1 N–H and O–H groups in total. The maximum absolute atomic E-state index is 11.1. The van der Waals surface area contributed by atoms with Crippen molar-refractivity contribution < 1.29 is 11.6 Å². The van der Waals surface area contributed by atoms with E-state index in [1.165, 1.54) is 0 Å². The van der Waals surface area contributed by atoms with E-state index in [0.29, 0.717) is 0 Å². The summed E-state index contributed by atoms with van der Waals surface area (Å²) in [7, 11) is 0. The largest absolute Gasteiger partial charge is 0.325 e. The smallest absolute Gasteiger partial charge is 0.234 e. The molecular formula is C8H8INO. The van der Waals surface area contributed by atoms with Crippen LogP contribution < -0.4 is 5.32 Å². The summed E-state index contributed by atoms with van der Waals surface area (Å²) in [5.74, 6) is -0.404. The van der Waals surface area contributed by atoms with E-state index in [1.54, 1.807) is 0 Å². The van der Waals surface area contributed by atoms with Crippen LogP contribution in [0.5, 0.6) is 0 Å². The van der Waals surface area contributed by atoms with Gasteiger partial charge < -0.3 is 5.32 Å². The zero-order valence-corrected chi connectivity index (χ0v) is 7.65. The third-order valence-electron chi connectivity index (χ3n) is 0.886. The second-order valence-corrected chi connectivity index (χ2v) is 2.44. The molecule has 0 aliphatic carbocycles. The van der Waals surface area contributed by atoms with Crippen molar-refractivity contribution in [3.05, 3.63) is 30.2 Å². The van der Waals surface area contributed by atoms with Crippen molar-refractivity contribution in [2.45, 2.75) is 0 Å². The van der Waals surface area contributed by atoms with E-state index in [4.69, 9.17) is 6.85 Å². The van der Waals surface area contributed by atoms with Crippen molar-refractivity contribution in [2.75, 3.05) is 9.74 Å². The number of carbonyl (C=O) groups excluding carboxylic acids is 1. The number of halogens is 1. The van der Waals surface area contributed by atoms with Gasteiger partial charge in [0.2, 0.25) is 5.91 Å². The van der Waals surface area contributed by atoms with Crippen molar-refractivity contribution in [3.8, 4) is 0 Å². The van der Waals surface area contributed by atoms with Gasteiger partial charge in [-0.25, -0.2) is 0 Å². The number of alkyl halides is 1. The van der Waals surface area contributed by atoms with E-state index >= 15 is 0 Å². The Morgan fingerprint density at radius 3 is 2.73 bits per heavy atom. The fourth-order valence-corrected chi connectivity index (χ4v) is 0.676. The van der Waals surface area contributed by atoms with Gasteiger partial charge in [0.25, 0.3) is 0 Å². The Morgan fingerprint density at radius 1 is 1.55 bits per heavy atom. The lowest BCUT2D eigenvalue weighted by Gasteiger charge is -2.00. The molecule has 0 radical (unpaired) electrons. The Morgan fingerprint density at radius 2 is 2.18 bits per heavy atom. The lowest BCUT2D eigenvalue weighted by Crippen LogP contribution is -2.11. The molecular weight excluding hydrogens is 253 g/mol. The highest BCUT2D eigenvalue weighted by Crippen LogP contribution is 2.04. The van der Waals surface area contributed by atoms with Crippen LogP contribution in [0.25, 0.3) is 0 Å². The van der Waals surface area contributed by atoms with Gasteiger partial charge in [-0.2, -0.15) is 0 Å². The summed E-state index contributed by atoms with van der Waals surface area (Å²) < 4.78 is 37.3. The Bertz CT molecular complexity index is 422. The molecule has 2 nitrogen and oxygen atoms in total. The number of hydrogen-bond donors (Lipinski definition) is 1. The first-order chi connectivity index (χ1) is 7.40. The van der Waals surface area contributed by atoms with Crippen LogP contribution in [0.15, 0.2) is 30.2 Å². The normalized spacial score (nSPS) is 15.5. The Labute approximate surface area is 86.2 Å². The van der Waals surface area contributed by atoms with Gasteiger partial charge in [0.1, 0.15) is 0 Å². The van der Waals surface area contributed by atoms with Crippen LogP contribution in [-0.2, 0) is 4.79 Å². The summed E-state index contributed by atoms with van der Waals surface area (Å²) in [4.78, 5) is 11.1. The third kappa shape index (κ3) is 2.88. The minimum atomic E-state index is -0.470. The monoisotopic (exact) mass is 266 g/mol. The minimum absolute atomic E-state index is 0.153. The fraction of sp³-hybridized carbons (Fsp3) is 0.125. The van der Waals surface area contributed by atoms with Crippen LogP contribution in [-0.4, -0.2) is 10.3 Å². The predicted octanol–water partition coefficient (Wildman–Crippen LogP) is 2.06. The van der Waals surface area contributed by atoms with Gasteiger partial charge in [-0.3, -0.25) is 4.79 Å². The summed E-state index contributed by atoms with van der Waals surface area (Å²) >= 11 is 1.82. The molecule has 3 heteroatoms. The number of rotatable bonds is 2. The Hall–Kier alpha value is -0.580. The molecule has 0 atom stereocenters. The number of carbonyl (C=O) groups is 1. The quantitative estimate of drug-likeness (QED) is 0.644. The fourth-order valence-electron chi connectivity index (χ4n) is 0.485. The highest BCUT2D eigenvalue weighted by atomic mass is 127. The summed E-state index contributed by atoms with van der Waals surface area (Å²) in [5, 5.41) is 2.29. The summed E-state index contributed by atoms with van der Waals surface area (Å²) in [6.45, 7) is 0. The lowest BCUT2D eigenvalue weighted by atomic mass is 10.3. The molecule has 1 aromatic carbocycles. The van der Waals surface area contributed by atoms with Crippen molar-refractivity contribution >= 4 is 34.2 Å². The standard InChI is InChI=1S/C8H8INO/c9-6-8(11)10-7-4-2-1-3-5-7/h1-5H,6H2,(H,10,11)/i1D,2D,3D,4D,5D. The van der Waals surface area contributed by atoms with Gasteiger partial charge in [-0.1, -0.05) is 40.7 Å². The molecule has 0 spiro atoms. The van der Waals surface area contributed by atoms with Crippen LogP contribution in [0.4, 0.5) is 5.69 Å². The van der Waals surface area contributed by atoms with Gasteiger partial charge in [-0.05, 0) is 12.1 Å². The summed E-state index contributed by atoms with van der Waals surface area (Å²) in [5.41, 5.74) is -0.173. The van der Waals surface area contributed by atoms with Crippen LogP contribution in [0, 0.1) is 0 Å². The Kier molecular flexibility index (Phi) is 1.53. The molecule has 1 rings (SSSR count). The van der Waals surface area contributed by atoms with Gasteiger partial charge >= 0.3 is 0 Å². The first-order valence-electron chi connectivity index (χ1n) is 5.32. The highest BCUT2D eigenvalue weighted by molar-refractivity contribution is 14.1. The van der Waals surface area contributed by atoms with Gasteiger partial charge in [0.15, 0.2) is 0 Å². The zero-order chi connectivity index (χ0) is 12.5. The number of hydrogen-bond acceptors (Lipinski definition) is 1. The van der Waals surface area contributed by atoms with E-state index in [9.17, 15) is 4.79 Å². The molecule has 1 aromatic rings. The third-order valence-corrected chi connectivity index (χ3v) is 1.58.